The molecular weight excluding hydrogens is 754 g/mol. The average Bonchev–Trinajstić information content (AvgIpc) is 3.68. The van der Waals surface area contributed by atoms with Gasteiger partial charge in [-0.3, -0.25) is 24.6 Å². The predicted molar refractivity (Wildman–Crippen MR) is 225 cm³/mol. The molecule has 3 aliphatic heterocycles. The molecule has 5 aromatic rings. The number of halogens is 1. The van der Waals surface area contributed by atoms with Crippen LogP contribution in [0.4, 0.5) is 15.8 Å². The summed E-state index contributed by atoms with van der Waals surface area (Å²) >= 11 is 0. The molecule has 3 fully saturated rings. The van der Waals surface area contributed by atoms with Crippen molar-refractivity contribution in [1.82, 2.24) is 25.0 Å². The fraction of sp³-hybridized carbons (Fsp3) is 0.378. The van der Waals surface area contributed by atoms with E-state index < -0.39 is 15.8 Å². The Hall–Kier alpha value is -5.40. The van der Waals surface area contributed by atoms with Crippen LogP contribution in [0.3, 0.4) is 0 Å². The van der Waals surface area contributed by atoms with Gasteiger partial charge in [0.15, 0.2) is 5.82 Å². The number of sulfonamides is 1. The molecule has 8 rings (SSSR count). The molecule has 302 valence electrons. The zero-order valence-corrected chi connectivity index (χ0v) is 33.6. The molecule has 3 saturated heterocycles. The highest BCUT2D eigenvalue weighted by Crippen LogP contribution is 2.37. The first-order valence-corrected chi connectivity index (χ1v) is 22.1. The summed E-state index contributed by atoms with van der Waals surface area (Å²) in [4.78, 5) is 33.1. The van der Waals surface area contributed by atoms with E-state index in [1.54, 1.807) is 42.3 Å². The van der Waals surface area contributed by atoms with Crippen molar-refractivity contribution in [3.05, 3.63) is 114 Å². The lowest BCUT2D eigenvalue weighted by Gasteiger charge is -2.38. The second kappa shape index (κ2) is 17.2. The van der Waals surface area contributed by atoms with E-state index >= 15 is 4.39 Å². The first-order chi connectivity index (χ1) is 28.1. The number of aromatic nitrogens is 3. The number of carbonyl (C=O) groups excluding carboxylic acids is 2. The van der Waals surface area contributed by atoms with Crippen LogP contribution in [-0.2, 0) is 19.6 Å². The molecule has 2 amide bonds. The normalized spacial score (nSPS) is 18.7. The molecule has 2 aromatic heterocycles. The molecule has 5 heterocycles. The van der Waals surface area contributed by atoms with Gasteiger partial charge in [-0.2, -0.15) is 5.10 Å². The summed E-state index contributed by atoms with van der Waals surface area (Å²) in [5.74, 6) is -0.229. The van der Waals surface area contributed by atoms with Crippen molar-refractivity contribution in [3.63, 3.8) is 0 Å². The van der Waals surface area contributed by atoms with Gasteiger partial charge >= 0.3 is 0 Å². The number of benzene rings is 3. The molecule has 0 bridgehead atoms. The van der Waals surface area contributed by atoms with Gasteiger partial charge in [0, 0.05) is 67.0 Å². The third-order valence-corrected chi connectivity index (χ3v) is 13.4. The topological polar surface area (TPSA) is 130 Å². The quantitative estimate of drug-likeness (QED) is 0.124. The number of nitrogens with zero attached hydrogens (tertiary/aromatic N) is 5. The maximum Gasteiger partial charge on any atom is 0.234 e. The lowest BCUT2D eigenvalue weighted by Crippen LogP contribution is -2.41. The molecule has 0 unspecified atom stereocenters. The fourth-order valence-corrected chi connectivity index (χ4v) is 9.88. The Morgan fingerprint density at radius 3 is 2.19 bits per heavy atom. The van der Waals surface area contributed by atoms with Gasteiger partial charge < -0.3 is 9.80 Å². The van der Waals surface area contributed by atoms with Gasteiger partial charge in [0.1, 0.15) is 5.69 Å². The summed E-state index contributed by atoms with van der Waals surface area (Å²) in [6, 6.07) is 25.2. The number of anilines is 2. The third kappa shape index (κ3) is 8.85. The largest absolute Gasteiger partial charge is 0.372 e. The van der Waals surface area contributed by atoms with E-state index in [0.717, 1.165) is 75.2 Å². The van der Waals surface area contributed by atoms with Gasteiger partial charge in [0.05, 0.1) is 23.0 Å². The van der Waals surface area contributed by atoms with E-state index in [-0.39, 0.29) is 34.7 Å². The van der Waals surface area contributed by atoms with E-state index in [1.807, 2.05) is 24.3 Å². The van der Waals surface area contributed by atoms with Crippen molar-refractivity contribution < 1.29 is 22.4 Å². The molecule has 58 heavy (non-hydrogen) atoms. The van der Waals surface area contributed by atoms with Crippen LogP contribution in [0.25, 0.3) is 28.1 Å². The Balaban J connectivity index is 0.873. The number of amides is 2. The number of carbonyl (C=O) groups is 2. The molecule has 1 atom stereocenters. The number of rotatable bonds is 12. The van der Waals surface area contributed by atoms with Crippen LogP contribution < -0.4 is 14.9 Å². The van der Waals surface area contributed by atoms with Crippen LogP contribution in [0, 0.1) is 11.7 Å². The molecule has 3 aliphatic rings. The van der Waals surface area contributed by atoms with Crippen LogP contribution >= 0.6 is 0 Å². The number of hydrogen-bond acceptors (Lipinski definition) is 8. The molecule has 0 aliphatic carbocycles. The number of imide groups is 1. The third-order valence-electron chi connectivity index (χ3n) is 11.9. The summed E-state index contributed by atoms with van der Waals surface area (Å²) in [7, 11) is -3.68. The molecule has 11 nitrogen and oxygen atoms in total. The van der Waals surface area contributed by atoms with Crippen LogP contribution in [0.15, 0.2) is 97.5 Å². The van der Waals surface area contributed by atoms with E-state index in [9.17, 15) is 18.0 Å². The minimum absolute atomic E-state index is 0.0899. The van der Waals surface area contributed by atoms with Gasteiger partial charge in [-0.1, -0.05) is 43.3 Å². The Kier molecular flexibility index (Phi) is 11.7. The van der Waals surface area contributed by atoms with Crippen LogP contribution in [0.5, 0.6) is 0 Å². The second-order valence-electron chi connectivity index (χ2n) is 15.9. The predicted octanol–water partition coefficient (Wildman–Crippen LogP) is 7.51. The van der Waals surface area contributed by atoms with Crippen LogP contribution in [-0.4, -0.2) is 78.4 Å². The number of pyridine rings is 1. The highest BCUT2D eigenvalue weighted by Gasteiger charge is 2.29. The van der Waals surface area contributed by atoms with Crippen molar-refractivity contribution in [2.24, 2.45) is 5.92 Å². The minimum Gasteiger partial charge on any atom is -0.372 e. The molecule has 3 aromatic carbocycles. The number of nitrogens with one attached hydrogen (secondary N) is 2. The zero-order valence-electron chi connectivity index (χ0n) is 32.8. The van der Waals surface area contributed by atoms with Gasteiger partial charge in [0.25, 0.3) is 0 Å². The van der Waals surface area contributed by atoms with Crippen molar-refractivity contribution >= 4 is 33.2 Å². The molecule has 0 radical (unpaired) electrons. The summed E-state index contributed by atoms with van der Waals surface area (Å²) < 4.78 is 45.2. The van der Waals surface area contributed by atoms with Crippen LogP contribution in [0.1, 0.15) is 74.8 Å². The first kappa shape index (κ1) is 39.4. The molecule has 2 N–H and O–H groups in total. The van der Waals surface area contributed by atoms with Crippen molar-refractivity contribution in [1.29, 1.82) is 0 Å². The average molecular weight is 804 g/mol. The number of likely N-dealkylation sites (tertiary alicyclic amines) is 1. The molecule has 13 heteroatoms. The first-order valence-electron chi connectivity index (χ1n) is 20.4. The minimum atomic E-state index is -3.68. The Morgan fingerprint density at radius 2 is 1.50 bits per heavy atom. The van der Waals surface area contributed by atoms with E-state index in [2.05, 4.69) is 61.2 Å². The van der Waals surface area contributed by atoms with Crippen molar-refractivity contribution in [2.45, 2.75) is 63.7 Å². The highest BCUT2D eigenvalue weighted by atomic mass is 32.2. The monoisotopic (exact) mass is 803 g/mol. The SMILES string of the molecule is CCCS(=O)(=O)Nc1cccc(-c2cn(-c3ccc(C4CCN(CC5CCN(c6ccc([C@H]7CCC(=O)NC7=O)cc6)CC5)CC4)cc3)nc2-c2ccncc2)c1F. The van der Waals surface area contributed by atoms with E-state index in [4.69, 9.17) is 5.10 Å². The summed E-state index contributed by atoms with van der Waals surface area (Å²) in [5, 5.41) is 7.37. The lowest BCUT2D eigenvalue weighted by atomic mass is 9.88. The summed E-state index contributed by atoms with van der Waals surface area (Å²) in [6.07, 6.45) is 11.0. The number of piperidine rings is 3. The fourth-order valence-electron chi connectivity index (χ4n) is 8.75. The Bertz CT molecular complexity index is 2340. The number of hydrogen-bond donors (Lipinski definition) is 2. The van der Waals surface area contributed by atoms with Gasteiger partial charge in [0.2, 0.25) is 21.8 Å². The second-order valence-corrected chi connectivity index (χ2v) is 17.7. The standard InChI is InChI=1S/C45H50FN7O4S/c1-2-28-58(56,57)50-41-5-3-4-39(43(41)46)40-30-53(49-44(40)35-16-22-47-23-17-35)37-12-6-32(7-13-37)33-20-24-51(25-21-33)29-31-18-26-52(27-19-31)36-10-8-34(9-11-36)38-14-15-42(54)48-45(38)55/h3-13,16-17,22-23,30-31,33,38,50H,2,14-15,18-21,24-29H2,1H3,(H,48,54,55)/t38-/m1/s1. The van der Waals surface area contributed by atoms with Gasteiger partial charge in [-0.25, -0.2) is 17.5 Å². The smallest absolute Gasteiger partial charge is 0.234 e. The zero-order chi connectivity index (χ0) is 40.2. The summed E-state index contributed by atoms with van der Waals surface area (Å²) in [5.41, 5.74) is 6.36. The van der Waals surface area contributed by atoms with E-state index in [1.165, 1.54) is 17.3 Å². The molecule has 0 spiro atoms. The van der Waals surface area contributed by atoms with Crippen LogP contribution in [0.2, 0.25) is 0 Å². The van der Waals surface area contributed by atoms with Crippen molar-refractivity contribution in [3.8, 4) is 28.1 Å². The molecule has 0 saturated carbocycles. The maximum absolute atomic E-state index is 16.0. The summed E-state index contributed by atoms with van der Waals surface area (Å²) in [6.45, 7) is 7.09. The molecular formula is C45H50FN7O4S. The van der Waals surface area contributed by atoms with Gasteiger partial charge in [-0.15, -0.1) is 0 Å². The van der Waals surface area contributed by atoms with E-state index in [0.29, 0.717) is 42.4 Å². The highest BCUT2D eigenvalue weighted by molar-refractivity contribution is 7.92. The lowest BCUT2D eigenvalue weighted by molar-refractivity contribution is -0.134. The van der Waals surface area contributed by atoms with Crippen molar-refractivity contribution in [2.75, 3.05) is 48.1 Å². The Labute approximate surface area is 339 Å². The Morgan fingerprint density at radius 1 is 0.810 bits per heavy atom. The van der Waals surface area contributed by atoms with Gasteiger partial charge in [-0.05, 0) is 117 Å². The maximum atomic E-state index is 16.0.